The van der Waals surface area contributed by atoms with Crippen molar-refractivity contribution in [3.63, 3.8) is 0 Å². The van der Waals surface area contributed by atoms with Crippen LogP contribution >= 0.6 is 0 Å². The molecule has 3 N–H and O–H groups in total. The van der Waals surface area contributed by atoms with Gasteiger partial charge in [-0.25, -0.2) is 0 Å². The highest BCUT2D eigenvalue weighted by atomic mass is 16.5. The monoisotopic (exact) mass is 251 g/mol. The molecule has 0 aliphatic heterocycles. The standard InChI is InChI=1S/C12H17N3O3/c1-14-11(16)7-15(2)12(17)8-4-5-9(13)10(6-8)18-3/h4-6H,7,13H2,1-3H3,(H,14,16). The van der Waals surface area contributed by atoms with E-state index in [1.54, 1.807) is 25.2 Å². The van der Waals surface area contributed by atoms with Crippen molar-refractivity contribution in [2.75, 3.05) is 33.5 Å². The van der Waals surface area contributed by atoms with E-state index >= 15 is 0 Å². The van der Waals surface area contributed by atoms with Gasteiger partial charge in [0.2, 0.25) is 5.91 Å². The van der Waals surface area contributed by atoms with Gasteiger partial charge in [-0.05, 0) is 18.2 Å². The number of hydrogen-bond acceptors (Lipinski definition) is 4. The average molecular weight is 251 g/mol. The van der Waals surface area contributed by atoms with E-state index in [2.05, 4.69) is 5.32 Å². The third-order valence-corrected chi connectivity index (χ3v) is 2.49. The van der Waals surface area contributed by atoms with Crippen molar-refractivity contribution in [2.45, 2.75) is 0 Å². The number of anilines is 1. The summed E-state index contributed by atoms with van der Waals surface area (Å²) < 4.78 is 5.04. The van der Waals surface area contributed by atoms with Crippen LogP contribution in [-0.2, 0) is 4.79 Å². The molecule has 6 heteroatoms. The fraction of sp³-hybridized carbons (Fsp3) is 0.333. The van der Waals surface area contributed by atoms with Gasteiger partial charge in [-0.1, -0.05) is 0 Å². The van der Waals surface area contributed by atoms with Gasteiger partial charge >= 0.3 is 0 Å². The van der Waals surface area contributed by atoms with Crippen LogP contribution in [-0.4, -0.2) is 44.5 Å². The first-order chi connectivity index (χ1) is 8.49. The zero-order valence-electron chi connectivity index (χ0n) is 10.7. The second-order valence-electron chi connectivity index (χ2n) is 3.79. The number of ether oxygens (including phenoxy) is 1. The summed E-state index contributed by atoms with van der Waals surface area (Å²) in [7, 11) is 4.56. The lowest BCUT2D eigenvalue weighted by Gasteiger charge is -2.16. The van der Waals surface area contributed by atoms with Crippen LogP contribution in [0, 0.1) is 0 Å². The molecule has 0 heterocycles. The number of benzene rings is 1. The molecular formula is C12H17N3O3. The Morgan fingerprint density at radius 2 is 2.11 bits per heavy atom. The van der Waals surface area contributed by atoms with Gasteiger partial charge in [-0.3, -0.25) is 9.59 Å². The van der Waals surface area contributed by atoms with Crippen molar-refractivity contribution in [2.24, 2.45) is 0 Å². The minimum Gasteiger partial charge on any atom is -0.495 e. The summed E-state index contributed by atoms with van der Waals surface area (Å²) in [5.74, 6) is -0.0562. The van der Waals surface area contributed by atoms with E-state index in [0.29, 0.717) is 17.0 Å². The molecule has 0 atom stereocenters. The molecule has 0 saturated heterocycles. The van der Waals surface area contributed by atoms with Gasteiger partial charge < -0.3 is 20.7 Å². The molecule has 0 bridgehead atoms. The third-order valence-electron chi connectivity index (χ3n) is 2.49. The van der Waals surface area contributed by atoms with E-state index in [0.717, 1.165) is 0 Å². The molecule has 0 aliphatic rings. The van der Waals surface area contributed by atoms with E-state index in [4.69, 9.17) is 10.5 Å². The SMILES string of the molecule is CNC(=O)CN(C)C(=O)c1ccc(N)c(OC)c1. The van der Waals surface area contributed by atoms with Crippen LogP contribution in [0.2, 0.25) is 0 Å². The normalized spacial score (nSPS) is 9.72. The minimum absolute atomic E-state index is 0.00201. The van der Waals surface area contributed by atoms with Crippen molar-refractivity contribution in [3.05, 3.63) is 23.8 Å². The first kappa shape index (κ1) is 13.8. The number of likely N-dealkylation sites (N-methyl/N-ethyl adjacent to an activating group) is 2. The molecule has 0 aliphatic carbocycles. The Morgan fingerprint density at radius 1 is 1.44 bits per heavy atom. The topological polar surface area (TPSA) is 84.7 Å². The minimum atomic E-state index is -0.267. The second kappa shape index (κ2) is 5.90. The molecule has 1 rings (SSSR count). The maximum absolute atomic E-state index is 12.0. The highest BCUT2D eigenvalue weighted by Crippen LogP contribution is 2.22. The fourth-order valence-electron chi connectivity index (χ4n) is 1.43. The third kappa shape index (κ3) is 3.13. The van der Waals surface area contributed by atoms with Crippen molar-refractivity contribution in [1.29, 1.82) is 0 Å². The maximum atomic E-state index is 12.0. The summed E-state index contributed by atoms with van der Waals surface area (Å²) in [6.45, 7) is 0.00201. The van der Waals surface area contributed by atoms with E-state index in [1.807, 2.05) is 0 Å². The summed E-state index contributed by atoms with van der Waals surface area (Å²) in [6.07, 6.45) is 0. The van der Waals surface area contributed by atoms with Crippen LogP contribution in [0.5, 0.6) is 5.75 Å². The highest BCUT2D eigenvalue weighted by molar-refractivity contribution is 5.97. The van der Waals surface area contributed by atoms with Crippen LogP contribution in [0.15, 0.2) is 18.2 Å². The van der Waals surface area contributed by atoms with Crippen LogP contribution in [0.3, 0.4) is 0 Å². The first-order valence-electron chi connectivity index (χ1n) is 5.39. The zero-order chi connectivity index (χ0) is 13.7. The maximum Gasteiger partial charge on any atom is 0.254 e. The van der Waals surface area contributed by atoms with Gasteiger partial charge in [0.15, 0.2) is 0 Å². The van der Waals surface area contributed by atoms with Crippen molar-refractivity contribution < 1.29 is 14.3 Å². The summed E-state index contributed by atoms with van der Waals surface area (Å²) in [5, 5.41) is 2.46. The lowest BCUT2D eigenvalue weighted by molar-refractivity contribution is -0.121. The van der Waals surface area contributed by atoms with E-state index in [1.165, 1.54) is 19.1 Å². The molecule has 1 aromatic rings. The smallest absolute Gasteiger partial charge is 0.254 e. The molecule has 0 radical (unpaired) electrons. The molecule has 18 heavy (non-hydrogen) atoms. The Bertz CT molecular complexity index is 460. The summed E-state index contributed by atoms with van der Waals surface area (Å²) in [5.41, 5.74) is 6.55. The number of nitrogens with zero attached hydrogens (tertiary/aromatic N) is 1. The molecular weight excluding hydrogens is 234 g/mol. The molecule has 1 aromatic carbocycles. The zero-order valence-corrected chi connectivity index (χ0v) is 10.7. The number of nitrogens with two attached hydrogens (primary N) is 1. The number of methoxy groups -OCH3 is 1. The summed E-state index contributed by atoms with van der Waals surface area (Å²) in [6, 6.07) is 4.75. The number of rotatable bonds is 4. The Kier molecular flexibility index (Phi) is 4.53. The Hall–Kier alpha value is -2.24. The second-order valence-corrected chi connectivity index (χ2v) is 3.79. The lowest BCUT2D eigenvalue weighted by atomic mass is 10.1. The fourth-order valence-corrected chi connectivity index (χ4v) is 1.43. The lowest BCUT2D eigenvalue weighted by Crippen LogP contribution is -2.36. The van der Waals surface area contributed by atoms with Gasteiger partial charge in [0, 0.05) is 19.7 Å². The Morgan fingerprint density at radius 3 is 2.67 bits per heavy atom. The summed E-state index contributed by atoms with van der Waals surface area (Å²) in [4.78, 5) is 24.5. The molecule has 0 aromatic heterocycles. The Balaban J connectivity index is 2.86. The van der Waals surface area contributed by atoms with E-state index < -0.39 is 0 Å². The predicted molar refractivity (Wildman–Crippen MR) is 68.4 cm³/mol. The largest absolute Gasteiger partial charge is 0.495 e. The number of nitrogen functional groups attached to an aromatic ring is 1. The average Bonchev–Trinajstić information content (AvgIpc) is 2.38. The van der Waals surface area contributed by atoms with Gasteiger partial charge in [0.05, 0.1) is 19.3 Å². The van der Waals surface area contributed by atoms with Gasteiger partial charge in [-0.15, -0.1) is 0 Å². The number of nitrogens with one attached hydrogen (secondary N) is 1. The van der Waals surface area contributed by atoms with Gasteiger partial charge in [0.1, 0.15) is 5.75 Å². The van der Waals surface area contributed by atoms with Crippen LogP contribution in [0.4, 0.5) is 5.69 Å². The molecule has 0 saturated carbocycles. The van der Waals surface area contributed by atoms with E-state index in [-0.39, 0.29) is 18.4 Å². The molecule has 98 valence electrons. The van der Waals surface area contributed by atoms with Crippen LogP contribution in [0.25, 0.3) is 0 Å². The molecule has 6 nitrogen and oxygen atoms in total. The van der Waals surface area contributed by atoms with Crippen LogP contribution in [0.1, 0.15) is 10.4 Å². The van der Waals surface area contributed by atoms with Crippen molar-refractivity contribution in [1.82, 2.24) is 10.2 Å². The van der Waals surface area contributed by atoms with E-state index in [9.17, 15) is 9.59 Å². The molecule has 0 spiro atoms. The first-order valence-corrected chi connectivity index (χ1v) is 5.39. The quantitative estimate of drug-likeness (QED) is 0.743. The van der Waals surface area contributed by atoms with Gasteiger partial charge in [0.25, 0.3) is 5.91 Å². The highest BCUT2D eigenvalue weighted by Gasteiger charge is 2.15. The predicted octanol–water partition coefficient (Wildman–Crippen LogP) is 0.0954. The van der Waals surface area contributed by atoms with Gasteiger partial charge in [-0.2, -0.15) is 0 Å². The number of carbonyl (C=O) groups excluding carboxylic acids is 2. The molecule has 2 amide bonds. The number of amides is 2. The Labute approximate surface area is 106 Å². The summed E-state index contributed by atoms with van der Waals surface area (Å²) >= 11 is 0. The van der Waals surface area contributed by atoms with Crippen molar-refractivity contribution in [3.8, 4) is 5.75 Å². The van der Waals surface area contributed by atoms with Crippen molar-refractivity contribution >= 4 is 17.5 Å². The molecule has 0 fully saturated rings. The number of hydrogen-bond donors (Lipinski definition) is 2. The molecule has 0 unspecified atom stereocenters. The van der Waals surface area contributed by atoms with Crippen LogP contribution < -0.4 is 15.8 Å². The number of carbonyl (C=O) groups is 2.